The van der Waals surface area contributed by atoms with Gasteiger partial charge in [-0.1, -0.05) is 18.5 Å². The number of aryl methyl sites for hydroxylation is 1. The average Bonchev–Trinajstić information content (AvgIpc) is 3.04. The summed E-state index contributed by atoms with van der Waals surface area (Å²) in [6.07, 6.45) is 3.58. The van der Waals surface area contributed by atoms with Crippen LogP contribution >= 0.6 is 11.6 Å². The number of aromatic amines is 1. The lowest BCUT2D eigenvalue weighted by molar-refractivity contribution is -0.125. The van der Waals surface area contributed by atoms with Crippen molar-refractivity contribution in [1.29, 1.82) is 0 Å². The van der Waals surface area contributed by atoms with E-state index in [-0.39, 0.29) is 17.9 Å². The first kappa shape index (κ1) is 17.0. The van der Waals surface area contributed by atoms with Crippen LogP contribution in [-0.2, 0) is 17.9 Å². The molecule has 6 nitrogen and oxygen atoms in total. The van der Waals surface area contributed by atoms with Gasteiger partial charge in [-0.2, -0.15) is 0 Å². The summed E-state index contributed by atoms with van der Waals surface area (Å²) in [5.41, 5.74) is 1.65. The monoisotopic (exact) mass is 373 g/mol. The number of ether oxygens (including phenoxy) is 1. The summed E-state index contributed by atoms with van der Waals surface area (Å²) in [7, 11) is 0. The van der Waals surface area contributed by atoms with Gasteiger partial charge in [0.15, 0.2) is 6.61 Å². The third-order valence-corrected chi connectivity index (χ3v) is 5.03. The fourth-order valence-electron chi connectivity index (χ4n) is 2.81. The Morgan fingerprint density at radius 1 is 1.42 bits per heavy atom. The highest BCUT2D eigenvalue weighted by atomic mass is 35.5. The molecule has 0 saturated heterocycles. The Labute approximate surface area is 155 Å². The number of carbonyl (C=O) groups excluding carboxylic acids is 1. The Balaban J connectivity index is 1.46. The molecule has 26 heavy (non-hydrogen) atoms. The maximum Gasteiger partial charge on any atom is 0.232 e. The van der Waals surface area contributed by atoms with Gasteiger partial charge >= 0.3 is 0 Å². The second-order valence-corrected chi connectivity index (χ2v) is 7.47. The number of halogens is 1. The van der Waals surface area contributed by atoms with Crippen LogP contribution in [0.5, 0.6) is 5.75 Å². The fourth-order valence-corrected chi connectivity index (χ4v) is 3.04. The molecule has 2 aromatic heterocycles. The van der Waals surface area contributed by atoms with Crippen LogP contribution in [0.1, 0.15) is 37.1 Å². The number of nitrogens with zero attached hydrogens (tertiary/aromatic N) is 1. The molecular weight excluding hydrogens is 354 g/mol. The largest absolute Gasteiger partial charge is 0.482 e. The van der Waals surface area contributed by atoms with E-state index in [2.05, 4.69) is 15.3 Å². The highest BCUT2D eigenvalue weighted by molar-refractivity contribution is 6.32. The first-order valence-corrected chi connectivity index (χ1v) is 8.94. The van der Waals surface area contributed by atoms with Crippen LogP contribution in [0, 0.1) is 12.3 Å². The molecule has 1 amide bonds. The molecular formula is C19H20ClN3O3. The van der Waals surface area contributed by atoms with Crippen molar-refractivity contribution in [3.63, 3.8) is 0 Å². The molecule has 1 aliphatic rings. The standard InChI is InChI=1S/C19H20ClN3O3/c1-11-8-21-17(26-11)10-25-16-7-15-12(6-14(16)20)5-13(23-15)9-22-18(24)19(2)3-4-19/h5-8,23H,3-4,9-10H2,1-2H3,(H,22,24). The van der Waals surface area contributed by atoms with Crippen molar-refractivity contribution in [3.05, 3.63) is 46.8 Å². The number of fused-ring (bicyclic) bond motifs is 1. The van der Waals surface area contributed by atoms with Gasteiger partial charge in [0.05, 0.1) is 17.8 Å². The van der Waals surface area contributed by atoms with E-state index in [1.165, 1.54) is 0 Å². The number of aromatic nitrogens is 2. The Kier molecular flexibility index (Phi) is 4.15. The number of carbonyl (C=O) groups is 1. The molecule has 3 aromatic rings. The van der Waals surface area contributed by atoms with Crippen LogP contribution in [0.25, 0.3) is 10.9 Å². The molecule has 1 aliphatic carbocycles. The van der Waals surface area contributed by atoms with Gasteiger partial charge in [-0.3, -0.25) is 4.79 Å². The molecule has 0 aliphatic heterocycles. The zero-order chi connectivity index (χ0) is 18.3. The Morgan fingerprint density at radius 2 is 2.23 bits per heavy atom. The van der Waals surface area contributed by atoms with Crippen LogP contribution < -0.4 is 10.1 Å². The highest BCUT2D eigenvalue weighted by Gasteiger charge is 2.44. The third-order valence-electron chi connectivity index (χ3n) is 4.74. The highest BCUT2D eigenvalue weighted by Crippen LogP contribution is 2.45. The number of nitrogens with one attached hydrogen (secondary N) is 2. The molecule has 0 unspecified atom stereocenters. The smallest absolute Gasteiger partial charge is 0.232 e. The molecule has 1 saturated carbocycles. The molecule has 0 spiro atoms. The van der Waals surface area contributed by atoms with Gasteiger partial charge in [0, 0.05) is 28.1 Å². The predicted molar refractivity (Wildman–Crippen MR) is 98.1 cm³/mol. The lowest BCUT2D eigenvalue weighted by Crippen LogP contribution is -2.29. The molecule has 136 valence electrons. The van der Waals surface area contributed by atoms with Gasteiger partial charge in [-0.05, 0) is 31.9 Å². The topological polar surface area (TPSA) is 80.1 Å². The number of rotatable bonds is 6. The second-order valence-electron chi connectivity index (χ2n) is 7.06. The average molecular weight is 374 g/mol. The first-order chi connectivity index (χ1) is 12.4. The normalized spacial score (nSPS) is 15.2. The molecule has 0 radical (unpaired) electrons. The zero-order valence-corrected chi connectivity index (χ0v) is 15.4. The lowest BCUT2D eigenvalue weighted by atomic mass is 10.1. The minimum Gasteiger partial charge on any atom is -0.482 e. The van der Waals surface area contributed by atoms with E-state index >= 15 is 0 Å². The summed E-state index contributed by atoms with van der Waals surface area (Å²) in [5, 5.41) is 4.47. The van der Waals surface area contributed by atoms with E-state index in [1.54, 1.807) is 6.20 Å². The number of amides is 1. The summed E-state index contributed by atoms with van der Waals surface area (Å²) >= 11 is 6.32. The third kappa shape index (κ3) is 3.42. The van der Waals surface area contributed by atoms with Crippen molar-refractivity contribution < 1.29 is 13.9 Å². The Bertz CT molecular complexity index is 972. The van der Waals surface area contributed by atoms with Gasteiger partial charge in [0.25, 0.3) is 0 Å². The minimum absolute atomic E-state index is 0.111. The van der Waals surface area contributed by atoms with Gasteiger partial charge in [-0.25, -0.2) is 4.98 Å². The maximum absolute atomic E-state index is 12.1. The number of H-pyrrole nitrogens is 1. The zero-order valence-electron chi connectivity index (χ0n) is 14.7. The number of hydrogen-bond donors (Lipinski definition) is 2. The first-order valence-electron chi connectivity index (χ1n) is 8.56. The Morgan fingerprint density at radius 3 is 2.92 bits per heavy atom. The SMILES string of the molecule is Cc1cnc(COc2cc3[nH]c(CNC(=O)C4(C)CC4)cc3cc2Cl)o1. The molecule has 4 rings (SSSR count). The van der Waals surface area contributed by atoms with E-state index in [0.717, 1.165) is 35.2 Å². The van der Waals surface area contributed by atoms with Crippen LogP contribution in [0.3, 0.4) is 0 Å². The summed E-state index contributed by atoms with van der Waals surface area (Å²) in [4.78, 5) is 19.5. The van der Waals surface area contributed by atoms with Crippen LogP contribution in [0.15, 0.2) is 28.8 Å². The number of benzene rings is 1. The van der Waals surface area contributed by atoms with Crippen molar-refractivity contribution in [3.8, 4) is 5.75 Å². The van der Waals surface area contributed by atoms with Gasteiger partial charge in [0.2, 0.25) is 11.8 Å². The lowest BCUT2D eigenvalue weighted by Gasteiger charge is -2.08. The summed E-state index contributed by atoms with van der Waals surface area (Å²) in [5.74, 6) is 1.90. The summed E-state index contributed by atoms with van der Waals surface area (Å²) in [6.45, 7) is 4.50. The van der Waals surface area contributed by atoms with Crippen molar-refractivity contribution in [1.82, 2.24) is 15.3 Å². The van der Waals surface area contributed by atoms with Gasteiger partial charge < -0.3 is 19.5 Å². The molecule has 1 fully saturated rings. The van der Waals surface area contributed by atoms with Gasteiger partial charge in [0.1, 0.15) is 11.5 Å². The maximum atomic E-state index is 12.1. The molecule has 0 atom stereocenters. The van der Waals surface area contributed by atoms with Gasteiger partial charge in [-0.15, -0.1) is 0 Å². The molecule has 2 N–H and O–H groups in total. The van der Waals surface area contributed by atoms with Crippen molar-refractivity contribution >= 4 is 28.4 Å². The van der Waals surface area contributed by atoms with E-state index in [4.69, 9.17) is 20.8 Å². The number of hydrogen-bond acceptors (Lipinski definition) is 4. The molecule has 7 heteroatoms. The van der Waals surface area contributed by atoms with Crippen molar-refractivity contribution in [2.45, 2.75) is 39.8 Å². The predicted octanol–water partition coefficient (Wildman–Crippen LogP) is 4.11. The molecule has 1 aromatic carbocycles. The van der Waals surface area contributed by atoms with E-state index in [0.29, 0.717) is 23.2 Å². The van der Waals surface area contributed by atoms with Crippen LogP contribution in [-0.4, -0.2) is 15.9 Å². The van der Waals surface area contributed by atoms with Crippen LogP contribution in [0.2, 0.25) is 5.02 Å². The van der Waals surface area contributed by atoms with E-state index in [9.17, 15) is 4.79 Å². The minimum atomic E-state index is -0.172. The van der Waals surface area contributed by atoms with Crippen molar-refractivity contribution in [2.24, 2.45) is 5.41 Å². The second kappa shape index (κ2) is 6.36. The number of oxazole rings is 1. The van der Waals surface area contributed by atoms with Crippen molar-refractivity contribution in [2.75, 3.05) is 0 Å². The van der Waals surface area contributed by atoms with E-state index in [1.807, 2.05) is 32.0 Å². The summed E-state index contributed by atoms with van der Waals surface area (Å²) < 4.78 is 11.1. The Hall–Kier alpha value is -2.47. The quantitative estimate of drug-likeness (QED) is 0.681. The molecule has 0 bridgehead atoms. The van der Waals surface area contributed by atoms with E-state index < -0.39 is 0 Å². The van der Waals surface area contributed by atoms with Crippen LogP contribution in [0.4, 0.5) is 0 Å². The molecule has 2 heterocycles. The fraction of sp³-hybridized carbons (Fsp3) is 0.368. The summed E-state index contributed by atoms with van der Waals surface area (Å²) in [6, 6.07) is 5.68.